The van der Waals surface area contributed by atoms with Crippen LogP contribution in [0.3, 0.4) is 0 Å². The van der Waals surface area contributed by atoms with Crippen LogP contribution in [0.5, 0.6) is 0 Å². The van der Waals surface area contributed by atoms with Gasteiger partial charge in [-0.15, -0.1) is 0 Å². The first kappa shape index (κ1) is 12.4. The third kappa shape index (κ3) is 3.77. The van der Waals surface area contributed by atoms with Gasteiger partial charge in [0.25, 0.3) is 0 Å². The van der Waals surface area contributed by atoms with E-state index in [1.165, 1.54) is 7.05 Å². The molecule has 0 aromatic rings. The van der Waals surface area contributed by atoms with E-state index in [4.69, 9.17) is 5.73 Å². The van der Waals surface area contributed by atoms with Gasteiger partial charge in [0, 0.05) is 12.1 Å². The molecule has 88 valence electrons. The molecule has 4 N–H and O–H groups in total. The van der Waals surface area contributed by atoms with Crippen molar-refractivity contribution in [2.75, 3.05) is 19.3 Å². The Hall–Kier alpha value is -0.660. The van der Waals surface area contributed by atoms with Gasteiger partial charge in [-0.2, -0.15) is 0 Å². The van der Waals surface area contributed by atoms with Crippen LogP contribution in [0.4, 0.5) is 0 Å². The normalized spacial score (nSPS) is 19.3. The van der Waals surface area contributed by atoms with Crippen LogP contribution in [0, 0.1) is 0 Å². The molecule has 1 fully saturated rings. The minimum atomic E-state index is -3.48. The maximum atomic E-state index is 11.2. The molecule has 1 saturated carbocycles. The van der Waals surface area contributed by atoms with Crippen molar-refractivity contribution in [2.24, 2.45) is 5.73 Å². The van der Waals surface area contributed by atoms with Crippen LogP contribution >= 0.6 is 0 Å². The van der Waals surface area contributed by atoms with E-state index in [2.05, 4.69) is 10.0 Å². The predicted molar refractivity (Wildman–Crippen MR) is 56.6 cm³/mol. The van der Waals surface area contributed by atoms with Crippen LogP contribution in [-0.4, -0.2) is 39.2 Å². The third-order valence-electron chi connectivity index (χ3n) is 2.62. The van der Waals surface area contributed by atoms with Gasteiger partial charge in [-0.05, 0) is 26.3 Å². The Morgan fingerprint density at radius 1 is 1.47 bits per heavy atom. The fraction of sp³-hybridized carbons (Fsp3) is 0.875. The van der Waals surface area contributed by atoms with Crippen molar-refractivity contribution in [2.45, 2.75) is 24.8 Å². The van der Waals surface area contributed by atoms with E-state index in [9.17, 15) is 13.2 Å². The molecular formula is C8H17N3O3S. The first-order valence-electron chi connectivity index (χ1n) is 4.84. The van der Waals surface area contributed by atoms with Gasteiger partial charge < -0.3 is 11.1 Å². The zero-order chi connectivity index (χ0) is 11.5. The summed E-state index contributed by atoms with van der Waals surface area (Å²) in [6, 6.07) is 0. The lowest BCUT2D eigenvalue weighted by Gasteiger charge is -2.38. The fourth-order valence-electron chi connectivity index (χ4n) is 1.38. The monoisotopic (exact) mass is 235 g/mol. The molecule has 0 bridgehead atoms. The number of sulfonamides is 1. The second-order valence-corrected chi connectivity index (χ2v) is 5.88. The van der Waals surface area contributed by atoms with Gasteiger partial charge in [0.1, 0.15) is 5.75 Å². The highest BCUT2D eigenvalue weighted by molar-refractivity contribution is 7.90. The first-order chi connectivity index (χ1) is 6.87. The second-order valence-electron chi connectivity index (χ2n) is 3.96. The van der Waals surface area contributed by atoms with Crippen molar-refractivity contribution >= 4 is 15.9 Å². The largest absolute Gasteiger partial charge is 0.353 e. The molecule has 15 heavy (non-hydrogen) atoms. The van der Waals surface area contributed by atoms with Crippen molar-refractivity contribution in [3.8, 4) is 0 Å². The Labute approximate surface area is 89.6 Å². The highest BCUT2D eigenvalue weighted by Crippen LogP contribution is 2.27. The Balaban J connectivity index is 2.31. The molecule has 0 aliphatic heterocycles. The van der Waals surface area contributed by atoms with Crippen LogP contribution < -0.4 is 15.8 Å². The molecule has 0 spiro atoms. The Morgan fingerprint density at radius 2 is 2.07 bits per heavy atom. The number of carbonyl (C=O) groups is 1. The molecule has 6 nitrogen and oxygen atoms in total. The van der Waals surface area contributed by atoms with Crippen molar-refractivity contribution in [3.63, 3.8) is 0 Å². The quantitative estimate of drug-likeness (QED) is 0.541. The Morgan fingerprint density at radius 3 is 2.47 bits per heavy atom. The van der Waals surface area contributed by atoms with Crippen molar-refractivity contribution in [1.82, 2.24) is 10.0 Å². The van der Waals surface area contributed by atoms with Crippen LogP contribution in [0.15, 0.2) is 0 Å². The molecule has 1 aliphatic rings. The number of rotatable bonds is 5. The number of nitrogens with two attached hydrogens (primary N) is 1. The second kappa shape index (κ2) is 4.46. The number of nitrogens with one attached hydrogen (secondary N) is 2. The van der Waals surface area contributed by atoms with Gasteiger partial charge in [-0.25, -0.2) is 13.1 Å². The lowest BCUT2D eigenvalue weighted by Crippen LogP contribution is -2.55. The van der Waals surface area contributed by atoms with E-state index in [-0.39, 0.29) is 5.54 Å². The first-order valence-corrected chi connectivity index (χ1v) is 6.49. The Kier molecular flexibility index (Phi) is 3.69. The summed E-state index contributed by atoms with van der Waals surface area (Å²) in [6.07, 6.45) is 2.83. The summed E-state index contributed by atoms with van der Waals surface area (Å²) in [4.78, 5) is 11.2. The summed E-state index contributed by atoms with van der Waals surface area (Å²) in [6.45, 7) is 0.352. The summed E-state index contributed by atoms with van der Waals surface area (Å²) in [5.41, 5.74) is 5.55. The van der Waals surface area contributed by atoms with E-state index in [0.717, 1.165) is 19.3 Å². The van der Waals surface area contributed by atoms with E-state index < -0.39 is 21.7 Å². The van der Waals surface area contributed by atoms with Gasteiger partial charge in [0.15, 0.2) is 0 Å². The topological polar surface area (TPSA) is 101 Å². The van der Waals surface area contributed by atoms with Gasteiger partial charge in [0.2, 0.25) is 15.9 Å². The van der Waals surface area contributed by atoms with Gasteiger partial charge in [-0.3, -0.25) is 4.79 Å². The van der Waals surface area contributed by atoms with Gasteiger partial charge in [-0.1, -0.05) is 0 Å². The Bertz CT molecular complexity index is 335. The molecule has 0 unspecified atom stereocenters. The van der Waals surface area contributed by atoms with E-state index in [1.807, 2.05) is 0 Å². The molecule has 1 amide bonds. The molecule has 1 rings (SSSR count). The minimum Gasteiger partial charge on any atom is -0.353 e. The molecule has 7 heteroatoms. The smallest absolute Gasteiger partial charge is 0.236 e. The summed E-state index contributed by atoms with van der Waals surface area (Å²) < 4.78 is 24.1. The molecule has 0 saturated heterocycles. The fourth-order valence-corrected chi connectivity index (χ4v) is 1.97. The lowest BCUT2D eigenvalue weighted by atomic mass is 9.78. The van der Waals surface area contributed by atoms with Crippen molar-refractivity contribution < 1.29 is 13.2 Å². The standard InChI is InChI=1S/C8H17N3O3S/c1-10-15(13,14)5-7(12)11-6-8(9)3-2-4-8/h10H,2-6,9H2,1H3,(H,11,12). The van der Waals surface area contributed by atoms with E-state index in [1.54, 1.807) is 0 Å². The van der Waals surface area contributed by atoms with E-state index >= 15 is 0 Å². The molecular weight excluding hydrogens is 218 g/mol. The average molecular weight is 235 g/mol. The van der Waals surface area contributed by atoms with Crippen LogP contribution in [0.2, 0.25) is 0 Å². The third-order valence-corrected chi connectivity index (χ3v) is 3.88. The lowest BCUT2D eigenvalue weighted by molar-refractivity contribution is -0.119. The van der Waals surface area contributed by atoms with Gasteiger partial charge in [0.05, 0.1) is 0 Å². The molecule has 0 heterocycles. The average Bonchev–Trinajstić information content (AvgIpc) is 2.11. The zero-order valence-electron chi connectivity index (χ0n) is 8.75. The predicted octanol–water partition coefficient (Wildman–Crippen LogP) is -1.47. The van der Waals surface area contributed by atoms with Gasteiger partial charge >= 0.3 is 0 Å². The highest BCUT2D eigenvalue weighted by Gasteiger charge is 2.32. The molecule has 0 radical (unpaired) electrons. The molecule has 0 aromatic carbocycles. The van der Waals surface area contributed by atoms with Crippen LogP contribution in [0.1, 0.15) is 19.3 Å². The summed E-state index contributed by atoms with van der Waals surface area (Å²) in [5, 5.41) is 2.53. The number of hydrogen-bond acceptors (Lipinski definition) is 4. The molecule has 0 atom stereocenters. The molecule has 1 aliphatic carbocycles. The minimum absolute atomic E-state index is 0.320. The number of hydrogen-bond donors (Lipinski definition) is 3. The maximum absolute atomic E-state index is 11.2. The van der Waals surface area contributed by atoms with Crippen molar-refractivity contribution in [3.05, 3.63) is 0 Å². The number of amides is 1. The summed E-state index contributed by atoms with van der Waals surface area (Å²) >= 11 is 0. The van der Waals surface area contributed by atoms with E-state index in [0.29, 0.717) is 6.54 Å². The van der Waals surface area contributed by atoms with Crippen molar-refractivity contribution in [1.29, 1.82) is 0 Å². The maximum Gasteiger partial charge on any atom is 0.236 e. The number of carbonyl (C=O) groups excluding carboxylic acids is 1. The summed E-state index contributed by atoms with van der Waals surface area (Å²) in [5.74, 6) is -1.05. The van der Waals surface area contributed by atoms with Crippen LogP contribution in [0.25, 0.3) is 0 Å². The highest BCUT2D eigenvalue weighted by atomic mass is 32.2. The summed E-state index contributed by atoms with van der Waals surface area (Å²) in [7, 11) is -2.20. The van der Waals surface area contributed by atoms with Crippen LogP contribution in [-0.2, 0) is 14.8 Å². The SMILES string of the molecule is CNS(=O)(=O)CC(=O)NCC1(N)CCC1. The zero-order valence-corrected chi connectivity index (χ0v) is 9.56. The molecule has 0 aromatic heterocycles.